The zero-order chi connectivity index (χ0) is 22.0. The summed E-state index contributed by atoms with van der Waals surface area (Å²) in [5.41, 5.74) is 7.35. The molecule has 32 heavy (non-hydrogen) atoms. The third-order valence-electron chi connectivity index (χ3n) is 5.41. The summed E-state index contributed by atoms with van der Waals surface area (Å²) in [4.78, 5) is 25.8. The molecule has 0 aliphatic heterocycles. The second-order valence-corrected chi connectivity index (χ2v) is 7.74. The first-order valence-corrected chi connectivity index (χ1v) is 10.2. The van der Waals surface area contributed by atoms with Crippen molar-refractivity contribution in [1.29, 1.82) is 0 Å². The Morgan fingerprint density at radius 3 is 2.25 bits per heavy atom. The molecule has 1 aromatic heterocycles. The van der Waals surface area contributed by atoms with Gasteiger partial charge in [-0.1, -0.05) is 48.5 Å². The SMILES string of the molecule is Cc1cccc(C)c1-c1cccc(C(C)Nc2ccc(Cn3oc(=O)[n-]c3=O)cc2)c1.[Na+]. The summed E-state index contributed by atoms with van der Waals surface area (Å²) in [6.45, 7) is 6.58. The van der Waals surface area contributed by atoms with Crippen molar-refractivity contribution in [2.75, 3.05) is 5.32 Å². The average Bonchev–Trinajstić information content (AvgIpc) is 3.06. The summed E-state index contributed by atoms with van der Waals surface area (Å²) < 4.78 is 5.71. The summed E-state index contributed by atoms with van der Waals surface area (Å²) in [5.74, 6) is -0.875. The van der Waals surface area contributed by atoms with Crippen molar-refractivity contribution in [3.05, 3.63) is 110 Å². The summed E-state index contributed by atoms with van der Waals surface area (Å²) >= 11 is 0. The normalized spacial score (nSPS) is 11.6. The van der Waals surface area contributed by atoms with Crippen molar-refractivity contribution >= 4 is 5.69 Å². The van der Waals surface area contributed by atoms with Gasteiger partial charge in [0.25, 0.3) is 0 Å². The molecular formula is C25H24N3NaO3. The van der Waals surface area contributed by atoms with Crippen LogP contribution in [0, 0.1) is 13.8 Å². The standard InChI is InChI=1S/C25H25N3O3.Na/c1-16-6-4-7-17(2)23(16)21-9-5-8-20(14-21)18(3)26-22-12-10-19(11-13-22)15-28-24(29)27-25(30)31-28;/h4-14,18,26H,15H2,1-3H3,(H,27,29,30);/q;+1/p-1. The molecule has 0 bridgehead atoms. The van der Waals surface area contributed by atoms with E-state index >= 15 is 0 Å². The van der Waals surface area contributed by atoms with E-state index in [9.17, 15) is 9.59 Å². The summed E-state index contributed by atoms with van der Waals surface area (Å²) in [7, 11) is 0. The van der Waals surface area contributed by atoms with Crippen LogP contribution in [0.1, 0.15) is 35.2 Å². The monoisotopic (exact) mass is 437 g/mol. The molecule has 0 amide bonds. The average molecular weight is 437 g/mol. The van der Waals surface area contributed by atoms with Gasteiger partial charge in [0.15, 0.2) is 5.69 Å². The molecule has 0 spiro atoms. The minimum absolute atomic E-state index is 0. The van der Waals surface area contributed by atoms with Crippen LogP contribution in [0.3, 0.4) is 0 Å². The molecule has 0 saturated heterocycles. The van der Waals surface area contributed by atoms with Crippen molar-refractivity contribution in [3.63, 3.8) is 0 Å². The van der Waals surface area contributed by atoms with Gasteiger partial charge in [0.05, 0.1) is 0 Å². The molecule has 0 aliphatic rings. The summed E-state index contributed by atoms with van der Waals surface area (Å²) in [6.07, 6.45) is 0. The predicted molar refractivity (Wildman–Crippen MR) is 121 cm³/mol. The first kappa shape index (κ1) is 23.9. The molecule has 1 atom stereocenters. The Morgan fingerprint density at radius 1 is 0.969 bits per heavy atom. The zero-order valence-corrected chi connectivity index (χ0v) is 20.8. The van der Waals surface area contributed by atoms with E-state index in [-0.39, 0.29) is 42.1 Å². The van der Waals surface area contributed by atoms with E-state index in [2.05, 4.69) is 73.5 Å². The number of aromatic nitrogens is 2. The van der Waals surface area contributed by atoms with Crippen LogP contribution in [-0.4, -0.2) is 4.74 Å². The van der Waals surface area contributed by atoms with Gasteiger partial charge < -0.3 is 14.8 Å². The maximum atomic E-state index is 11.5. The Kier molecular flexibility index (Phi) is 7.61. The molecule has 1 heterocycles. The topological polar surface area (TPSA) is 78.3 Å². The van der Waals surface area contributed by atoms with Gasteiger partial charge in [-0.05, 0) is 72.4 Å². The second kappa shape index (κ2) is 10.2. The molecular weight excluding hydrogens is 413 g/mol. The molecule has 0 radical (unpaired) electrons. The third kappa shape index (κ3) is 5.33. The van der Waals surface area contributed by atoms with Gasteiger partial charge in [0.2, 0.25) is 0 Å². The first-order valence-electron chi connectivity index (χ1n) is 10.2. The Labute approximate surface area is 208 Å². The van der Waals surface area contributed by atoms with Crippen molar-refractivity contribution in [2.45, 2.75) is 33.4 Å². The molecule has 6 nitrogen and oxygen atoms in total. The summed E-state index contributed by atoms with van der Waals surface area (Å²) in [5, 5.41) is 3.52. The maximum Gasteiger partial charge on any atom is 1.00 e. The van der Waals surface area contributed by atoms with E-state index in [4.69, 9.17) is 4.52 Å². The van der Waals surface area contributed by atoms with Gasteiger partial charge in [-0.2, -0.15) is 0 Å². The fourth-order valence-corrected chi connectivity index (χ4v) is 3.83. The number of nitrogens with zero attached hydrogens (tertiary/aromatic N) is 2. The minimum Gasteiger partial charge on any atom is -0.421 e. The number of aryl methyl sites for hydroxylation is 2. The van der Waals surface area contributed by atoms with Crippen LogP contribution >= 0.6 is 0 Å². The van der Waals surface area contributed by atoms with Crippen LogP contribution in [0.5, 0.6) is 0 Å². The molecule has 3 aromatic carbocycles. The fourth-order valence-electron chi connectivity index (χ4n) is 3.83. The molecule has 1 N–H and O–H groups in total. The van der Waals surface area contributed by atoms with Crippen LogP contribution in [0.2, 0.25) is 0 Å². The van der Waals surface area contributed by atoms with Crippen LogP contribution < -0.4 is 51.3 Å². The van der Waals surface area contributed by atoms with Crippen LogP contribution in [0.25, 0.3) is 11.1 Å². The van der Waals surface area contributed by atoms with Crippen molar-refractivity contribution in [2.24, 2.45) is 0 Å². The smallest absolute Gasteiger partial charge is 0.421 e. The fraction of sp³-hybridized carbons (Fsp3) is 0.200. The van der Waals surface area contributed by atoms with E-state index in [1.165, 1.54) is 27.8 Å². The quantitative estimate of drug-likeness (QED) is 0.460. The number of hydrogen-bond donors (Lipinski definition) is 1. The number of benzene rings is 3. The van der Waals surface area contributed by atoms with E-state index in [1.54, 1.807) is 0 Å². The number of nitrogens with one attached hydrogen (secondary N) is 1. The molecule has 4 rings (SSSR count). The van der Waals surface area contributed by atoms with Crippen molar-refractivity contribution in [1.82, 2.24) is 9.72 Å². The van der Waals surface area contributed by atoms with E-state index in [1.807, 2.05) is 24.3 Å². The largest absolute Gasteiger partial charge is 1.00 e. The first-order chi connectivity index (χ1) is 14.9. The van der Waals surface area contributed by atoms with Crippen LogP contribution in [-0.2, 0) is 6.54 Å². The zero-order valence-electron chi connectivity index (χ0n) is 18.8. The van der Waals surface area contributed by atoms with Crippen molar-refractivity contribution in [3.8, 4) is 11.1 Å². The maximum absolute atomic E-state index is 11.5. The Balaban J connectivity index is 0.00000289. The van der Waals surface area contributed by atoms with Crippen molar-refractivity contribution < 1.29 is 34.1 Å². The number of hydrogen-bond acceptors (Lipinski definition) is 4. The van der Waals surface area contributed by atoms with E-state index < -0.39 is 11.4 Å². The molecule has 4 aromatic rings. The van der Waals surface area contributed by atoms with Gasteiger partial charge in [-0.15, -0.1) is 0 Å². The van der Waals surface area contributed by atoms with E-state index in [0.29, 0.717) is 0 Å². The molecule has 0 fully saturated rings. The van der Waals surface area contributed by atoms with Gasteiger partial charge in [-0.25, -0.2) is 4.79 Å². The van der Waals surface area contributed by atoms with Gasteiger partial charge in [0, 0.05) is 18.3 Å². The van der Waals surface area contributed by atoms with Gasteiger partial charge in [-0.3, -0.25) is 9.53 Å². The molecule has 0 saturated carbocycles. The predicted octanol–water partition coefficient (Wildman–Crippen LogP) is 1.27. The van der Waals surface area contributed by atoms with Gasteiger partial charge in [0.1, 0.15) is 0 Å². The molecule has 7 heteroatoms. The van der Waals surface area contributed by atoms with Gasteiger partial charge >= 0.3 is 35.3 Å². The Bertz CT molecular complexity index is 1300. The third-order valence-corrected chi connectivity index (χ3v) is 5.41. The second-order valence-electron chi connectivity index (χ2n) is 7.74. The molecule has 158 valence electrons. The Hall–Kier alpha value is -2.80. The summed E-state index contributed by atoms with van der Waals surface area (Å²) in [6, 6.07) is 22.8. The molecule has 0 aliphatic carbocycles. The van der Waals surface area contributed by atoms with E-state index in [0.717, 1.165) is 16.0 Å². The Morgan fingerprint density at radius 2 is 1.62 bits per heavy atom. The molecule has 1 unspecified atom stereocenters. The number of rotatable bonds is 6. The van der Waals surface area contributed by atoms with Crippen LogP contribution in [0.4, 0.5) is 5.69 Å². The minimum atomic E-state index is -0.875. The van der Waals surface area contributed by atoms with Crippen LogP contribution in [0.15, 0.2) is 80.8 Å². The number of anilines is 1.